The molecular weight excluding hydrogens is 566 g/mol. The Bertz CT molecular complexity index is 1570. The number of hydrogen-bond donors (Lipinski definition) is 3. The number of esters is 1. The summed E-state index contributed by atoms with van der Waals surface area (Å²) in [4.78, 5) is 40.1. The zero-order valence-electron chi connectivity index (χ0n) is 26.6. The van der Waals surface area contributed by atoms with Crippen molar-refractivity contribution in [1.29, 1.82) is 0 Å². The molecule has 8 nitrogen and oxygen atoms in total. The Hall–Kier alpha value is -4.85. The van der Waals surface area contributed by atoms with Gasteiger partial charge in [-0.1, -0.05) is 92.7 Å². The van der Waals surface area contributed by atoms with Gasteiger partial charge in [-0.25, -0.2) is 9.59 Å². The lowest BCUT2D eigenvalue weighted by Crippen LogP contribution is -2.54. The Morgan fingerprint density at radius 3 is 2.09 bits per heavy atom. The summed E-state index contributed by atoms with van der Waals surface area (Å²) in [6.45, 7) is 9.72. The zero-order valence-corrected chi connectivity index (χ0v) is 26.6. The van der Waals surface area contributed by atoms with Gasteiger partial charge in [0.05, 0.1) is 5.69 Å². The molecule has 4 aromatic carbocycles. The number of hydrogen-bond acceptors (Lipinski definition) is 5. The number of ether oxygens (including phenoxy) is 2. The predicted molar refractivity (Wildman–Crippen MR) is 178 cm³/mol. The van der Waals surface area contributed by atoms with Crippen LogP contribution in [0.15, 0.2) is 97.1 Å². The predicted octanol–water partition coefficient (Wildman–Crippen LogP) is 7.02. The molecule has 4 rings (SSSR count). The fourth-order valence-electron chi connectivity index (χ4n) is 4.89. The second kappa shape index (κ2) is 15.2. The molecular formula is C37H43N3O5. The second-order valence-corrected chi connectivity index (χ2v) is 12.5. The summed E-state index contributed by atoms with van der Waals surface area (Å²) in [6.07, 6.45) is 0.583. The topological polar surface area (TPSA) is 106 Å². The van der Waals surface area contributed by atoms with Gasteiger partial charge in [-0.3, -0.25) is 4.79 Å². The van der Waals surface area contributed by atoms with Gasteiger partial charge in [-0.05, 0) is 67.8 Å². The molecule has 2 atom stereocenters. The Balaban J connectivity index is 1.45. The third kappa shape index (κ3) is 10.4. The number of amides is 3. The van der Waals surface area contributed by atoms with Crippen LogP contribution in [0.25, 0.3) is 10.8 Å². The highest BCUT2D eigenvalue weighted by atomic mass is 16.6. The first-order chi connectivity index (χ1) is 21.5. The van der Waals surface area contributed by atoms with Crippen LogP contribution in [0.4, 0.5) is 10.5 Å². The van der Waals surface area contributed by atoms with Gasteiger partial charge in [-0.2, -0.15) is 0 Å². The third-order valence-corrected chi connectivity index (χ3v) is 6.99. The smallest absolute Gasteiger partial charge is 0.329 e. The van der Waals surface area contributed by atoms with E-state index < -0.39 is 35.6 Å². The first kappa shape index (κ1) is 33.1. The van der Waals surface area contributed by atoms with E-state index in [-0.39, 0.29) is 12.3 Å². The molecule has 0 heterocycles. The van der Waals surface area contributed by atoms with Gasteiger partial charge in [0.25, 0.3) is 0 Å². The quantitative estimate of drug-likeness (QED) is 0.150. The molecule has 0 aromatic heterocycles. The highest BCUT2D eigenvalue weighted by molar-refractivity contribution is 6.02. The Kier molecular flexibility index (Phi) is 11.2. The second-order valence-electron chi connectivity index (χ2n) is 12.5. The van der Waals surface area contributed by atoms with E-state index in [0.29, 0.717) is 24.5 Å². The van der Waals surface area contributed by atoms with E-state index >= 15 is 0 Å². The fraction of sp³-hybridized carbons (Fsp3) is 0.324. The van der Waals surface area contributed by atoms with Gasteiger partial charge in [-0.15, -0.1) is 0 Å². The van der Waals surface area contributed by atoms with Crippen LogP contribution in [0.2, 0.25) is 0 Å². The SMILES string of the molecule is CC(C)C[C@H](NC(=O)Nc1cccc2ccccc12)C(=O)N[C@@H](Cc1ccc(OCc2ccccc2)cc1)C(=O)OC(C)(C)C. The standard InChI is InChI=1S/C37H43N3O5/c1-25(2)22-32(40-36(43)39-31-17-11-15-28-14-9-10-16-30(28)31)34(41)38-33(35(42)45-37(3,4)5)23-26-18-20-29(21-19-26)44-24-27-12-7-6-8-13-27/h6-21,25,32-33H,22-24H2,1-5H3,(H,38,41)(H2,39,40,43)/t32-,33-/m0/s1. The molecule has 0 bridgehead atoms. The molecule has 0 aliphatic heterocycles. The van der Waals surface area contributed by atoms with Crippen LogP contribution in [-0.2, 0) is 27.4 Å². The molecule has 0 saturated heterocycles. The summed E-state index contributed by atoms with van der Waals surface area (Å²) in [6, 6.07) is 28.3. The largest absolute Gasteiger partial charge is 0.489 e. The first-order valence-electron chi connectivity index (χ1n) is 15.3. The van der Waals surface area contributed by atoms with Gasteiger partial charge in [0, 0.05) is 11.8 Å². The average molecular weight is 610 g/mol. The van der Waals surface area contributed by atoms with Crippen molar-refractivity contribution in [3.63, 3.8) is 0 Å². The van der Waals surface area contributed by atoms with E-state index in [1.807, 2.05) is 111 Å². The zero-order chi connectivity index (χ0) is 32.4. The minimum absolute atomic E-state index is 0.0991. The number of nitrogens with one attached hydrogen (secondary N) is 3. The van der Waals surface area contributed by atoms with Gasteiger partial charge < -0.3 is 25.4 Å². The molecule has 236 valence electrons. The van der Waals surface area contributed by atoms with Gasteiger partial charge in [0.1, 0.15) is 30.0 Å². The van der Waals surface area contributed by atoms with Crippen LogP contribution >= 0.6 is 0 Å². The molecule has 0 unspecified atom stereocenters. The summed E-state index contributed by atoms with van der Waals surface area (Å²) in [5, 5.41) is 10.5. The van der Waals surface area contributed by atoms with Gasteiger partial charge in [0.2, 0.25) is 5.91 Å². The van der Waals surface area contributed by atoms with E-state index in [9.17, 15) is 14.4 Å². The van der Waals surface area contributed by atoms with Crippen molar-refractivity contribution < 1.29 is 23.9 Å². The van der Waals surface area contributed by atoms with Crippen molar-refractivity contribution in [1.82, 2.24) is 10.6 Å². The molecule has 0 aliphatic rings. The molecule has 4 aromatic rings. The van der Waals surface area contributed by atoms with Crippen LogP contribution in [0, 0.1) is 5.92 Å². The van der Waals surface area contributed by atoms with Crippen molar-refractivity contribution >= 4 is 34.4 Å². The highest BCUT2D eigenvalue weighted by Gasteiger charge is 2.30. The van der Waals surface area contributed by atoms with Crippen molar-refractivity contribution in [3.05, 3.63) is 108 Å². The summed E-state index contributed by atoms with van der Waals surface area (Å²) in [5.41, 5.74) is 1.77. The maximum atomic E-state index is 13.6. The van der Waals surface area contributed by atoms with Crippen LogP contribution in [0.1, 0.15) is 52.2 Å². The van der Waals surface area contributed by atoms with Crippen molar-refractivity contribution in [3.8, 4) is 5.75 Å². The molecule has 3 amide bonds. The molecule has 0 spiro atoms. The minimum Gasteiger partial charge on any atom is -0.489 e. The number of carbonyl (C=O) groups is 3. The Morgan fingerprint density at radius 2 is 1.40 bits per heavy atom. The Morgan fingerprint density at radius 1 is 0.733 bits per heavy atom. The summed E-state index contributed by atoms with van der Waals surface area (Å²) in [5.74, 6) is -0.222. The van der Waals surface area contributed by atoms with E-state index in [4.69, 9.17) is 9.47 Å². The Labute approximate surface area is 265 Å². The van der Waals surface area contributed by atoms with Crippen LogP contribution in [0.3, 0.4) is 0 Å². The maximum absolute atomic E-state index is 13.6. The molecule has 45 heavy (non-hydrogen) atoms. The minimum atomic E-state index is -0.967. The van der Waals surface area contributed by atoms with Crippen LogP contribution in [-0.4, -0.2) is 35.6 Å². The third-order valence-electron chi connectivity index (χ3n) is 6.99. The summed E-state index contributed by atoms with van der Waals surface area (Å²) in [7, 11) is 0. The van der Waals surface area contributed by atoms with Crippen molar-refractivity contribution in [2.45, 2.75) is 71.8 Å². The van der Waals surface area contributed by atoms with E-state index in [1.165, 1.54) is 0 Å². The number of urea groups is 1. The number of benzene rings is 4. The molecule has 0 radical (unpaired) electrons. The van der Waals surface area contributed by atoms with Crippen molar-refractivity contribution in [2.24, 2.45) is 5.92 Å². The van der Waals surface area contributed by atoms with Gasteiger partial charge in [0.15, 0.2) is 0 Å². The summed E-state index contributed by atoms with van der Waals surface area (Å²) < 4.78 is 11.6. The van der Waals surface area contributed by atoms with E-state index in [0.717, 1.165) is 21.9 Å². The number of fused-ring (bicyclic) bond motifs is 1. The number of carbonyl (C=O) groups excluding carboxylic acids is 3. The fourth-order valence-corrected chi connectivity index (χ4v) is 4.89. The molecule has 0 fully saturated rings. The summed E-state index contributed by atoms with van der Waals surface area (Å²) >= 11 is 0. The van der Waals surface area contributed by atoms with Crippen LogP contribution in [0.5, 0.6) is 5.75 Å². The molecule has 3 N–H and O–H groups in total. The van der Waals surface area contributed by atoms with Crippen molar-refractivity contribution in [2.75, 3.05) is 5.32 Å². The number of anilines is 1. The van der Waals surface area contributed by atoms with Gasteiger partial charge >= 0.3 is 12.0 Å². The normalized spacial score (nSPS) is 12.7. The first-order valence-corrected chi connectivity index (χ1v) is 15.3. The maximum Gasteiger partial charge on any atom is 0.329 e. The molecule has 8 heteroatoms. The molecule has 0 saturated carbocycles. The van der Waals surface area contributed by atoms with E-state index in [1.54, 1.807) is 20.8 Å². The van der Waals surface area contributed by atoms with E-state index in [2.05, 4.69) is 16.0 Å². The lowest BCUT2D eigenvalue weighted by molar-refractivity contribution is -0.158. The lowest BCUT2D eigenvalue weighted by Gasteiger charge is -2.27. The highest BCUT2D eigenvalue weighted by Crippen LogP contribution is 2.23. The average Bonchev–Trinajstić information content (AvgIpc) is 2.99. The number of rotatable bonds is 12. The van der Waals surface area contributed by atoms with Crippen LogP contribution < -0.4 is 20.7 Å². The monoisotopic (exact) mass is 609 g/mol. The molecule has 0 aliphatic carbocycles. The lowest BCUT2D eigenvalue weighted by atomic mass is 10.0.